The van der Waals surface area contributed by atoms with Gasteiger partial charge >= 0.3 is 5.97 Å². The first-order valence-electron chi connectivity index (χ1n) is 6.89. The second kappa shape index (κ2) is 6.62. The van der Waals surface area contributed by atoms with Crippen molar-refractivity contribution in [3.63, 3.8) is 0 Å². The molecule has 0 aliphatic rings. The third-order valence-corrected chi connectivity index (χ3v) is 3.28. The van der Waals surface area contributed by atoms with Gasteiger partial charge in [-0.3, -0.25) is 4.79 Å². The highest BCUT2D eigenvalue weighted by Gasteiger charge is 2.42. The molecule has 1 aromatic rings. The van der Waals surface area contributed by atoms with E-state index in [0.717, 1.165) is 0 Å². The monoisotopic (exact) mass is 292 g/mol. The molecule has 0 heterocycles. The number of rotatable bonds is 5. The summed E-state index contributed by atoms with van der Waals surface area (Å²) in [6, 6.07) is 4.23. The molecule has 0 aliphatic carbocycles. The summed E-state index contributed by atoms with van der Waals surface area (Å²) in [5.41, 5.74) is -1.10. The molecule has 1 N–H and O–H groups in total. The molecule has 0 saturated carbocycles. The van der Waals surface area contributed by atoms with E-state index >= 15 is 0 Å². The van der Waals surface area contributed by atoms with Crippen molar-refractivity contribution in [2.24, 2.45) is 5.92 Å². The number of carboxylic acid groups (broad SMARTS) is 1. The third-order valence-electron chi connectivity index (χ3n) is 3.28. The highest BCUT2D eigenvalue weighted by molar-refractivity contribution is 5.86. The van der Waals surface area contributed by atoms with Gasteiger partial charge in [-0.05, 0) is 44.4 Å². The summed E-state index contributed by atoms with van der Waals surface area (Å²) < 4.78 is 19.5. The van der Waals surface area contributed by atoms with Crippen LogP contribution in [0.15, 0.2) is 18.2 Å². The third kappa shape index (κ3) is 3.36. The van der Waals surface area contributed by atoms with Crippen molar-refractivity contribution in [3.8, 4) is 17.6 Å². The first kappa shape index (κ1) is 17.0. The summed E-state index contributed by atoms with van der Waals surface area (Å²) in [6.45, 7) is 8.69. The number of halogens is 1. The summed E-state index contributed by atoms with van der Waals surface area (Å²) in [5, 5.41) is 9.63. The van der Waals surface area contributed by atoms with Crippen molar-refractivity contribution in [3.05, 3.63) is 29.6 Å². The van der Waals surface area contributed by atoms with Crippen LogP contribution in [-0.4, -0.2) is 17.2 Å². The molecule has 3 nitrogen and oxygen atoms in total. The first-order valence-corrected chi connectivity index (χ1v) is 6.89. The maximum atomic E-state index is 14.1. The van der Waals surface area contributed by atoms with Gasteiger partial charge in [-0.25, -0.2) is 4.39 Å². The van der Waals surface area contributed by atoms with Crippen molar-refractivity contribution in [2.45, 2.75) is 46.1 Å². The van der Waals surface area contributed by atoms with Gasteiger partial charge in [0.1, 0.15) is 0 Å². The molecule has 114 valence electrons. The average Bonchev–Trinajstić information content (AvgIpc) is 2.37. The Hall–Kier alpha value is -2.02. The smallest absolute Gasteiger partial charge is 0.326 e. The van der Waals surface area contributed by atoms with Crippen LogP contribution in [0.3, 0.4) is 0 Å². The van der Waals surface area contributed by atoms with Gasteiger partial charge in [0.15, 0.2) is 17.0 Å². The van der Waals surface area contributed by atoms with Gasteiger partial charge in [0, 0.05) is 0 Å². The molecule has 0 aliphatic heterocycles. The predicted octanol–water partition coefficient (Wildman–Crippen LogP) is 3.61. The largest absolute Gasteiger partial charge is 0.488 e. The van der Waals surface area contributed by atoms with Crippen molar-refractivity contribution in [1.29, 1.82) is 0 Å². The standard InChI is InChI=1S/C17H21FO3/c1-6-9-17(11(2)3,16(19)20)13-7-8-15(14(18)10-13)21-12(4)5/h7-8,10-12H,1-5H3,(H,19,20). The van der Waals surface area contributed by atoms with Crippen molar-refractivity contribution >= 4 is 5.97 Å². The normalized spacial score (nSPS) is 13.5. The molecule has 0 amide bonds. The summed E-state index contributed by atoms with van der Waals surface area (Å²) in [5.74, 6) is 3.54. The molecule has 21 heavy (non-hydrogen) atoms. The van der Waals surface area contributed by atoms with Crippen LogP contribution in [-0.2, 0) is 10.2 Å². The van der Waals surface area contributed by atoms with E-state index in [2.05, 4.69) is 11.8 Å². The minimum atomic E-state index is -1.42. The lowest BCUT2D eigenvalue weighted by molar-refractivity contribution is -0.143. The van der Waals surface area contributed by atoms with Crippen molar-refractivity contribution in [1.82, 2.24) is 0 Å². The Balaban J connectivity index is 3.42. The Kier molecular flexibility index (Phi) is 5.37. The van der Waals surface area contributed by atoms with E-state index in [1.165, 1.54) is 12.1 Å². The Morgan fingerprint density at radius 1 is 1.33 bits per heavy atom. The van der Waals surface area contributed by atoms with Crippen LogP contribution in [0.4, 0.5) is 4.39 Å². The maximum Gasteiger partial charge on any atom is 0.326 e. The van der Waals surface area contributed by atoms with Crippen LogP contribution in [0.25, 0.3) is 0 Å². The topological polar surface area (TPSA) is 46.5 Å². The van der Waals surface area contributed by atoms with Crippen LogP contribution < -0.4 is 4.74 Å². The van der Waals surface area contributed by atoms with Crippen LogP contribution in [0.2, 0.25) is 0 Å². The van der Waals surface area contributed by atoms with E-state index in [0.29, 0.717) is 5.56 Å². The molecule has 1 unspecified atom stereocenters. The number of ether oxygens (including phenoxy) is 1. The Labute approximate surface area is 125 Å². The zero-order valence-corrected chi connectivity index (χ0v) is 13.0. The van der Waals surface area contributed by atoms with Gasteiger partial charge in [-0.15, -0.1) is 5.92 Å². The van der Waals surface area contributed by atoms with E-state index in [1.54, 1.807) is 40.7 Å². The van der Waals surface area contributed by atoms with E-state index in [4.69, 9.17) is 4.74 Å². The molecule has 0 saturated heterocycles. The van der Waals surface area contributed by atoms with Gasteiger partial charge in [0.2, 0.25) is 0 Å². The molecule has 0 spiro atoms. The molecular weight excluding hydrogens is 271 g/mol. The fraction of sp³-hybridized carbons (Fsp3) is 0.471. The van der Waals surface area contributed by atoms with Crippen LogP contribution in [0.1, 0.15) is 40.2 Å². The number of carboxylic acids is 1. The molecular formula is C17H21FO3. The van der Waals surface area contributed by atoms with E-state index in [-0.39, 0.29) is 17.8 Å². The number of hydrogen-bond donors (Lipinski definition) is 1. The second-order valence-corrected chi connectivity index (χ2v) is 5.45. The van der Waals surface area contributed by atoms with Gasteiger partial charge in [0.25, 0.3) is 0 Å². The Morgan fingerprint density at radius 3 is 2.33 bits per heavy atom. The van der Waals surface area contributed by atoms with Gasteiger partial charge < -0.3 is 9.84 Å². The quantitative estimate of drug-likeness (QED) is 0.843. The lowest BCUT2D eigenvalue weighted by Crippen LogP contribution is -2.39. The second-order valence-electron chi connectivity index (χ2n) is 5.45. The first-order chi connectivity index (χ1) is 9.75. The maximum absolute atomic E-state index is 14.1. The van der Waals surface area contributed by atoms with Gasteiger partial charge in [-0.1, -0.05) is 25.8 Å². The molecule has 4 heteroatoms. The molecule has 0 bridgehead atoms. The lowest BCUT2D eigenvalue weighted by Gasteiger charge is -2.29. The SMILES string of the molecule is CC#CC(C(=O)O)(c1ccc(OC(C)C)c(F)c1)C(C)C. The summed E-state index contributed by atoms with van der Waals surface area (Å²) >= 11 is 0. The zero-order valence-electron chi connectivity index (χ0n) is 13.0. The number of hydrogen-bond acceptors (Lipinski definition) is 2. The molecule has 1 atom stereocenters. The molecule has 0 aromatic heterocycles. The summed E-state index contributed by atoms with van der Waals surface area (Å²) in [4.78, 5) is 11.8. The average molecular weight is 292 g/mol. The van der Waals surface area contributed by atoms with Crippen LogP contribution in [0, 0.1) is 23.6 Å². The highest BCUT2D eigenvalue weighted by Crippen LogP contribution is 2.34. The fourth-order valence-electron chi connectivity index (χ4n) is 2.27. The lowest BCUT2D eigenvalue weighted by atomic mass is 9.72. The van der Waals surface area contributed by atoms with Gasteiger partial charge in [0.05, 0.1) is 6.10 Å². The molecule has 1 rings (SSSR count). The number of carbonyl (C=O) groups is 1. The van der Waals surface area contributed by atoms with Crippen molar-refractivity contribution < 1.29 is 19.0 Å². The number of benzene rings is 1. The minimum Gasteiger partial charge on any atom is -0.488 e. The zero-order chi connectivity index (χ0) is 16.2. The minimum absolute atomic E-state index is 0.112. The van der Waals surface area contributed by atoms with E-state index in [1.807, 2.05) is 0 Å². The Bertz CT molecular complexity index is 581. The van der Waals surface area contributed by atoms with Gasteiger partial charge in [-0.2, -0.15) is 0 Å². The van der Waals surface area contributed by atoms with Crippen LogP contribution in [0.5, 0.6) is 5.75 Å². The summed E-state index contributed by atoms with van der Waals surface area (Å²) in [7, 11) is 0. The van der Waals surface area contributed by atoms with E-state index in [9.17, 15) is 14.3 Å². The van der Waals surface area contributed by atoms with Crippen molar-refractivity contribution in [2.75, 3.05) is 0 Å². The van der Waals surface area contributed by atoms with Crippen LogP contribution >= 0.6 is 0 Å². The summed E-state index contributed by atoms with van der Waals surface area (Å²) in [6.07, 6.45) is -0.157. The molecule has 1 aromatic carbocycles. The number of aliphatic carboxylic acids is 1. The van der Waals surface area contributed by atoms with E-state index < -0.39 is 17.2 Å². The highest BCUT2D eigenvalue weighted by atomic mass is 19.1. The molecule has 0 radical (unpaired) electrons. The molecule has 0 fully saturated rings. The fourth-order valence-corrected chi connectivity index (χ4v) is 2.27. The Morgan fingerprint density at radius 2 is 1.95 bits per heavy atom. The predicted molar refractivity (Wildman–Crippen MR) is 79.8 cm³/mol.